The molecule has 0 fully saturated rings. The normalized spacial score (nSPS) is 10.4. The predicted molar refractivity (Wildman–Crippen MR) is 77.6 cm³/mol. The van der Waals surface area contributed by atoms with Crippen molar-refractivity contribution in [2.45, 2.75) is 6.92 Å². The fourth-order valence-corrected chi connectivity index (χ4v) is 2.11. The van der Waals surface area contributed by atoms with Crippen molar-refractivity contribution < 1.29 is 0 Å². The van der Waals surface area contributed by atoms with Crippen molar-refractivity contribution in [1.29, 1.82) is 0 Å². The van der Waals surface area contributed by atoms with Crippen LogP contribution in [0.1, 0.15) is 5.69 Å². The van der Waals surface area contributed by atoms with Crippen molar-refractivity contribution in [2.24, 2.45) is 0 Å². The number of aryl methyl sites for hydroxylation is 1. The monoisotopic (exact) mass is 246 g/mol. The van der Waals surface area contributed by atoms with E-state index in [-0.39, 0.29) is 0 Å². The van der Waals surface area contributed by atoms with E-state index in [1.807, 2.05) is 55.7 Å². The molecule has 0 saturated carbocycles. The minimum atomic E-state index is 0.985. The summed E-state index contributed by atoms with van der Waals surface area (Å²) < 4.78 is 0. The van der Waals surface area contributed by atoms with Gasteiger partial charge in [0.25, 0.3) is 0 Å². The van der Waals surface area contributed by atoms with Crippen LogP contribution >= 0.6 is 0 Å². The van der Waals surface area contributed by atoms with Crippen LogP contribution in [-0.2, 0) is 0 Å². The van der Waals surface area contributed by atoms with Crippen LogP contribution in [0.3, 0.4) is 0 Å². The van der Waals surface area contributed by atoms with Crippen LogP contribution in [0.4, 0.5) is 0 Å². The van der Waals surface area contributed by atoms with Gasteiger partial charge in [-0.05, 0) is 30.7 Å². The van der Waals surface area contributed by atoms with E-state index < -0.39 is 0 Å². The van der Waals surface area contributed by atoms with Crippen molar-refractivity contribution in [1.82, 2.24) is 9.97 Å². The number of hydrogen-bond acceptors (Lipinski definition) is 2. The quantitative estimate of drug-likeness (QED) is 0.679. The average molecular weight is 246 g/mol. The smallest absolute Gasteiger partial charge is 0.0708 e. The Morgan fingerprint density at radius 2 is 1.53 bits per heavy atom. The topological polar surface area (TPSA) is 25.8 Å². The first kappa shape index (κ1) is 11.6. The Labute approximate surface area is 112 Å². The highest BCUT2D eigenvalue weighted by Crippen LogP contribution is 2.30. The second kappa shape index (κ2) is 5.02. The van der Waals surface area contributed by atoms with E-state index in [2.05, 4.69) is 28.2 Å². The SMILES string of the molecule is Cc1ccc(-c2ccccc2-c2ccccn2)cn1. The van der Waals surface area contributed by atoms with Crippen molar-refractivity contribution in [3.63, 3.8) is 0 Å². The molecule has 0 radical (unpaired) electrons. The average Bonchev–Trinajstić information content (AvgIpc) is 2.49. The molecule has 0 saturated heterocycles. The first-order valence-corrected chi connectivity index (χ1v) is 6.28. The molecule has 0 N–H and O–H groups in total. The molecular weight excluding hydrogens is 232 g/mol. The molecule has 1 aromatic carbocycles. The van der Waals surface area contributed by atoms with Crippen LogP contribution in [-0.4, -0.2) is 9.97 Å². The third-order valence-corrected chi connectivity index (χ3v) is 3.09. The van der Waals surface area contributed by atoms with Gasteiger partial charge in [0.1, 0.15) is 0 Å². The highest BCUT2D eigenvalue weighted by atomic mass is 14.7. The molecule has 0 unspecified atom stereocenters. The van der Waals surface area contributed by atoms with Crippen LogP contribution in [0, 0.1) is 6.92 Å². The molecule has 0 aliphatic carbocycles. The Morgan fingerprint density at radius 3 is 2.21 bits per heavy atom. The van der Waals surface area contributed by atoms with Crippen molar-refractivity contribution >= 4 is 0 Å². The summed E-state index contributed by atoms with van der Waals surface area (Å²) >= 11 is 0. The maximum atomic E-state index is 4.43. The Morgan fingerprint density at radius 1 is 0.737 bits per heavy atom. The molecular formula is C17H14N2. The molecule has 92 valence electrons. The summed E-state index contributed by atoms with van der Waals surface area (Å²) in [4.78, 5) is 8.80. The van der Waals surface area contributed by atoms with Crippen LogP contribution in [0.2, 0.25) is 0 Å². The molecule has 0 amide bonds. The zero-order valence-electron chi connectivity index (χ0n) is 10.7. The van der Waals surface area contributed by atoms with Crippen molar-refractivity contribution in [2.75, 3.05) is 0 Å². The second-order valence-corrected chi connectivity index (χ2v) is 4.45. The van der Waals surface area contributed by atoms with E-state index in [0.29, 0.717) is 0 Å². The Kier molecular flexibility index (Phi) is 3.07. The minimum Gasteiger partial charge on any atom is -0.261 e. The lowest BCUT2D eigenvalue weighted by Gasteiger charge is -2.09. The number of nitrogens with zero attached hydrogens (tertiary/aromatic N) is 2. The standard InChI is InChI=1S/C17H14N2/c1-13-9-10-14(12-19-13)15-6-2-3-7-16(15)17-8-4-5-11-18-17/h2-12H,1H3. The third kappa shape index (κ3) is 2.38. The summed E-state index contributed by atoms with van der Waals surface area (Å²) in [7, 11) is 0. The summed E-state index contributed by atoms with van der Waals surface area (Å²) in [5.74, 6) is 0. The van der Waals surface area contributed by atoms with Gasteiger partial charge in [-0.25, -0.2) is 0 Å². The molecule has 0 atom stereocenters. The van der Waals surface area contributed by atoms with Crippen LogP contribution in [0.25, 0.3) is 22.4 Å². The van der Waals surface area contributed by atoms with Gasteiger partial charge < -0.3 is 0 Å². The molecule has 2 nitrogen and oxygen atoms in total. The molecule has 2 heteroatoms. The maximum Gasteiger partial charge on any atom is 0.0708 e. The van der Waals surface area contributed by atoms with Gasteiger partial charge in [0.15, 0.2) is 0 Å². The molecule has 19 heavy (non-hydrogen) atoms. The summed E-state index contributed by atoms with van der Waals surface area (Å²) in [5.41, 5.74) is 5.42. The lowest BCUT2D eigenvalue weighted by Crippen LogP contribution is -1.88. The fraction of sp³-hybridized carbons (Fsp3) is 0.0588. The minimum absolute atomic E-state index is 0.985. The van der Waals surface area contributed by atoms with Gasteiger partial charge in [0.05, 0.1) is 5.69 Å². The summed E-state index contributed by atoms with van der Waals surface area (Å²) in [6.07, 6.45) is 3.73. The molecule has 0 spiro atoms. The first-order valence-electron chi connectivity index (χ1n) is 6.28. The highest BCUT2D eigenvalue weighted by Gasteiger charge is 2.07. The highest BCUT2D eigenvalue weighted by molar-refractivity contribution is 5.81. The van der Waals surface area contributed by atoms with Gasteiger partial charge in [0, 0.05) is 29.2 Å². The van der Waals surface area contributed by atoms with E-state index in [4.69, 9.17) is 0 Å². The molecule has 0 bridgehead atoms. The number of rotatable bonds is 2. The lowest BCUT2D eigenvalue weighted by atomic mass is 9.98. The van der Waals surface area contributed by atoms with E-state index >= 15 is 0 Å². The third-order valence-electron chi connectivity index (χ3n) is 3.09. The number of pyridine rings is 2. The van der Waals surface area contributed by atoms with Gasteiger partial charge >= 0.3 is 0 Å². The Hall–Kier alpha value is -2.48. The second-order valence-electron chi connectivity index (χ2n) is 4.45. The fourth-order valence-electron chi connectivity index (χ4n) is 2.11. The van der Waals surface area contributed by atoms with Gasteiger partial charge in [-0.15, -0.1) is 0 Å². The van der Waals surface area contributed by atoms with E-state index in [1.54, 1.807) is 0 Å². The molecule has 0 aliphatic rings. The van der Waals surface area contributed by atoms with Gasteiger partial charge in [-0.1, -0.05) is 36.4 Å². The van der Waals surface area contributed by atoms with E-state index in [1.165, 1.54) is 0 Å². The molecule has 3 aromatic rings. The number of benzene rings is 1. The first-order chi connectivity index (χ1) is 9.34. The number of aromatic nitrogens is 2. The largest absolute Gasteiger partial charge is 0.261 e. The van der Waals surface area contributed by atoms with Crippen molar-refractivity contribution in [3.8, 4) is 22.4 Å². The molecule has 3 rings (SSSR count). The van der Waals surface area contributed by atoms with Gasteiger partial charge in [-0.3, -0.25) is 9.97 Å². The zero-order valence-corrected chi connectivity index (χ0v) is 10.7. The molecule has 2 heterocycles. The van der Waals surface area contributed by atoms with Gasteiger partial charge in [-0.2, -0.15) is 0 Å². The maximum absolute atomic E-state index is 4.43. The Bertz CT molecular complexity index is 673. The lowest BCUT2D eigenvalue weighted by molar-refractivity contribution is 1.20. The van der Waals surface area contributed by atoms with E-state index in [9.17, 15) is 0 Å². The van der Waals surface area contributed by atoms with Gasteiger partial charge in [0.2, 0.25) is 0 Å². The summed E-state index contributed by atoms with van der Waals surface area (Å²) in [6.45, 7) is 1.99. The summed E-state index contributed by atoms with van der Waals surface area (Å²) in [5, 5.41) is 0. The molecule has 0 aliphatic heterocycles. The summed E-state index contributed by atoms with van der Waals surface area (Å²) in [6, 6.07) is 18.4. The molecule has 2 aromatic heterocycles. The van der Waals surface area contributed by atoms with Crippen molar-refractivity contribution in [3.05, 3.63) is 72.7 Å². The van der Waals surface area contributed by atoms with Crippen LogP contribution in [0.5, 0.6) is 0 Å². The zero-order chi connectivity index (χ0) is 13.1. The van der Waals surface area contributed by atoms with E-state index in [0.717, 1.165) is 28.1 Å². The number of hydrogen-bond donors (Lipinski definition) is 0. The van der Waals surface area contributed by atoms with Crippen LogP contribution < -0.4 is 0 Å². The van der Waals surface area contributed by atoms with Crippen LogP contribution in [0.15, 0.2) is 67.0 Å². The Balaban J connectivity index is 2.15. The predicted octanol–water partition coefficient (Wildman–Crippen LogP) is 4.12.